The van der Waals surface area contributed by atoms with Crippen molar-refractivity contribution in [2.75, 3.05) is 11.9 Å². The molecule has 2 fully saturated rings. The van der Waals surface area contributed by atoms with Gasteiger partial charge in [0.2, 0.25) is 5.91 Å². The molecule has 2 aliphatic rings. The Morgan fingerprint density at radius 1 is 1.04 bits per heavy atom. The number of amides is 3. The molecule has 0 unspecified atom stereocenters. The first-order valence-electron chi connectivity index (χ1n) is 8.27. The third-order valence-electron chi connectivity index (χ3n) is 4.61. The van der Waals surface area contributed by atoms with Crippen LogP contribution < -0.4 is 10.6 Å². The molecule has 1 aromatic rings. The van der Waals surface area contributed by atoms with Crippen molar-refractivity contribution < 1.29 is 9.59 Å². The molecule has 3 amide bonds. The number of anilines is 1. The number of hydrogen-bond acceptors (Lipinski definition) is 2. The normalized spacial score (nSPS) is 21.4. The minimum absolute atomic E-state index is 0.0133. The highest BCUT2D eigenvalue weighted by Gasteiger charge is 2.35. The van der Waals surface area contributed by atoms with Crippen LogP contribution in [0.3, 0.4) is 0 Å². The van der Waals surface area contributed by atoms with Gasteiger partial charge in [0.05, 0.1) is 0 Å². The number of hydrogen-bond donors (Lipinski definition) is 2. The highest BCUT2D eigenvalue weighted by Crippen LogP contribution is 2.22. The molecule has 3 rings (SSSR count). The number of benzene rings is 1. The van der Waals surface area contributed by atoms with Gasteiger partial charge in [0.25, 0.3) is 0 Å². The Bertz CT molecular complexity index is 570. The smallest absolute Gasteiger partial charge is 0.322 e. The number of nitrogens with zero attached hydrogens (tertiary/aromatic N) is 1. The molecule has 1 saturated carbocycles. The van der Waals surface area contributed by atoms with Gasteiger partial charge in [-0.25, -0.2) is 4.79 Å². The summed E-state index contributed by atoms with van der Waals surface area (Å²) in [6, 6.07) is 6.66. The predicted molar refractivity (Wildman–Crippen MR) is 90.6 cm³/mol. The first-order valence-corrected chi connectivity index (χ1v) is 8.65. The number of carbonyl (C=O) groups is 2. The summed E-state index contributed by atoms with van der Waals surface area (Å²) in [4.78, 5) is 26.6. The lowest BCUT2D eigenvalue weighted by Crippen LogP contribution is -2.49. The van der Waals surface area contributed by atoms with E-state index < -0.39 is 0 Å². The zero-order valence-electron chi connectivity index (χ0n) is 13.1. The Hall–Kier alpha value is -1.75. The fourth-order valence-electron chi connectivity index (χ4n) is 3.38. The summed E-state index contributed by atoms with van der Waals surface area (Å²) in [7, 11) is 0. The van der Waals surface area contributed by atoms with E-state index in [0.717, 1.165) is 25.7 Å². The zero-order chi connectivity index (χ0) is 16.2. The topological polar surface area (TPSA) is 61.4 Å². The summed E-state index contributed by atoms with van der Waals surface area (Å²) < 4.78 is 0. The third kappa shape index (κ3) is 3.96. The second kappa shape index (κ2) is 7.21. The molecule has 0 aromatic heterocycles. The predicted octanol–water partition coefficient (Wildman–Crippen LogP) is 3.40. The number of nitrogens with one attached hydrogen (secondary N) is 2. The molecule has 1 aliphatic carbocycles. The Labute approximate surface area is 141 Å². The van der Waals surface area contributed by atoms with Crippen LogP contribution in [0, 0.1) is 0 Å². The highest BCUT2D eigenvalue weighted by molar-refractivity contribution is 6.30. The van der Waals surface area contributed by atoms with Crippen molar-refractivity contribution >= 4 is 29.2 Å². The van der Waals surface area contributed by atoms with Gasteiger partial charge in [-0.1, -0.05) is 24.4 Å². The van der Waals surface area contributed by atoms with Crippen LogP contribution >= 0.6 is 11.6 Å². The molecule has 0 radical (unpaired) electrons. The van der Waals surface area contributed by atoms with Crippen LogP contribution in [0.4, 0.5) is 10.5 Å². The van der Waals surface area contributed by atoms with Crippen molar-refractivity contribution in [1.82, 2.24) is 10.2 Å². The molecule has 0 spiro atoms. The van der Waals surface area contributed by atoms with E-state index in [2.05, 4.69) is 10.6 Å². The van der Waals surface area contributed by atoms with Gasteiger partial charge in [-0.2, -0.15) is 0 Å². The van der Waals surface area contributed by atoms with Gasteiger partial charge in [0, 0.05) is 23.3 Å². The van der Waals surface area contributed by atoms with Crippen LogP contribution in [0.2, 0.25) is 5.02 Å². The van der Waals surface area contributed by atoms with Crippen LogP contribution in [0.15, 0.2) is 24.3 Å². The molecule has 1 saturated heterocycles. The van der Waals surface area contributed by atoms with Gasteiger partial charge in [-0.05, 0) is 49.9 Å². The summed E-state index contributed by atoms with van der Waals surface area (Å²) in [5, 5.41) is 6.56. The lowest BCUT2D eigenvalue weighted by atomic mass is 10.1. The molecule has 6 heteroatoms. The van der Waals surface area contributed by atoms with E-state index in [1.807, 2.05) is 0 Å². The summed E-state index contributed by atoms with van der Waals surface area (Å²) in [5.41, 5.74) is 0.682. The van der Waals surface area contributed by atoms with E-state index >= 15 is 0 Å². The largest absolute Gasteiger partial charge is 0.352 e. The summed E-state index contributed by atoms with van der Waals surface area (Å²) in [6.07, 6.45) is 6.04. The van der Waals surface area contributed by atoms with Crippen LogP contribution in [0.1, 0.15) is 38.5 Å². The summed E-state index contributed by atoms with van der Waals surface area (Å²) >= 11 is 5.84. The number of carbonyl (C=O) groups excluding carboxylic acids is 2. The molecule has 2 N–H and O–H groups in total. The van der Waals surface area contributed by atoms with Crippen molar-refractivity contribution in [3.63, 3.8) is 0 Å². The van der Waals surface area contributed by atoms with Gasteiger partial charge in [0.15, 0.2) is 0 Å². The Morgan fingerprint density at radius 3 is 2.43 bits per heavy atom. The monoisotopic (exact) mass is 335 g/mol. The maximum atomic E-state index is 12.5. The van der Waals surface area contributed by atoms with E-state index in [0.29, 0.717) is 17.3 Å². The summed E-state index contributed by atoms with van der Waals surface area (Å²) in [6.45, 7) is 0.613. The van der Waals surface area contributed by atoms with Crippen molar-refractivity contribution in [2.45, 2.75) is 50.6 Å². The number of rotatable bonds is 3. The van der Waals surface area contributed by atoms with E-state index in [4.69, 9.17) is 11.6 Å². The zero-order valence-corrected chi connectivity index (χ0v) is 13.8. The lowest BCUT2D eigenvalue weighted by Gasteiger charge is -2.25. The summed E-state index contributed by atoms with van der Waals surface area (Å²) in [5.74, 6) is -0.0133. The molecular weight excluding hydrogens is 314 g/mol. The van der Waals surface area contributed by atoms with E-state index in [1.54, 1.807) is 29.2 Å². The second-order valence-corrected chi connectivity index (χ2v) is 6.71. The SMILES string of the molecule is O=C(NC1CCCC1)[C@@H]1CCCN1C(=O)Nc1ccc(Cl)cc1. The fraction of sp³-hybridized carbons (Fsp3) is 0.529. The lowest BCUT2D eigenvalue weighted by molar-refractivity contribution is -0.125. The second-order valence-electron chi connectivity index (χ2n) is 6.28. The first kappa shape index (κ1) is 16.1. The van der Waals surface area contributed by atoms with Gasteiger partial charge >= 0.3 is 6.03 Å². The van der Waals surface area contributed by atoms with Crippen LogP contribution in [0.5, 0.6) is 0 Å². The highest BCUT2D eigenvalue weighted by atomic mass is 35.5. The molecular formula is C17H22ClN3O2. The standard InChI is InChI=1S/C17H22ClN3O2/c18-12-7-9-14(10-8-12)20-17(23)21-11-3-6-15(21)16(22)19-13-4-1-2-5-13/h7-10,13,15H,1-6,11H2,(H,19,22)(H,20,23)/t15-/m0/s1. The molecule has 23 heavy (non-hydrogen) atoms. The molecule has 1 atom stereocenters. The first-order chi connectivity index (χ1) is 11.1. The Balaban J connectivity index is 1.59. The molecule has 5 nitrogen and oxygen atoms in total. The number of urea groups is 1. The molecule has 0 bridgehead atoms. The quantitative estimate of drug-likeness (QED) is 0.889. The Kier molecular flexibility index (Phi) is 5.06. The van der Waals surface area contributed by atoms with E-state index in [-0.39, 0.29) is 24.0 Å². The third-order valence-corrected chi connectivity index (χ3v) is 4.87. The van der Waals surface area contributed by atoms with Crippen molar-refractivity contribution in [2.24, 2.45) is 0 Å². The average Bonchev–Trinajstić information content (AvgIpc) is 3.20. The van der Waals surface area contributed by atoms with Crippen molar-refractivity contribution in [1.29, 1.82) is 0 Å². The van der Waals surface area contributed by atoms with Crippen molar-refractivity contribution in [3.05, 3.63) is 29.3 Å². The Morgan fingerprint density at radius 2 is 1.74 bits per heavy atom. The minimum Gasteiger partial charge on any atom is -0.352 e. The van der Waals surface area contributed by atoms with Gasteiger partial charge in [-0.15, -0.1) is 0 Å². The fourth-order valence-corrected chi connectivity index (χ4v) is 3.50. The van der Waals surface area contributed by atoms with Gasteiger partial charge in [0.1, 0.15) is 6.04 Å². The van der Waals surface area contributed by atoms with Crippen LogP contribution in [-0.4, -0.2) is 35.5 Å². The average molecular weight is 336 g/mol. The van der Waals surface area contributed by atoms with E-state index in [1.165, 1.54) is 12.8 Å². The number of halogens is 1. The molecule has 124 valence electrons. The number of likely N-dealkylation sites (tertiary alicyclic amines) is 1. The van der Waals surface area contributed by atoms with Gasteiger partial charge < -0.3 is 15.5 Å². The molecule has 1 aliphatic heterocycles. The van der Waals surface area contributed by atoms with Crippen LogP contribution in [-0.2, 0) is 4.79 Å². The minimum atomic E-state index is -0.358. The van der Waals surface area contributed by atoms with E-state index in [9.17, 15) is 9.59 Å². The maximum absolute atomic E-state index is 12.5. The molecule has 1 heterocycles. The van der Waals surface area contributed by atoms with Crippen LogP contribution in [0.25, 0.3) is 0 Å². The maximum Gasteiger partial charge on any atom is 0.322 e. The van der Waals surface area contributed by atoms with Crippen molar-refractivity contribution in [3.8, 4) is 0 Å². The van der Waals surface area contributed by atoms with Gasteiger partial charge in [-0.3, -0.25) is 4.79 Å². The molecule has 1 aromatic carbocycles.